The summed E-state index contributed by atoms with van der Waals surface area (Å²) in [6, 6.07) is 25.6. The maximum atomic E-state index is 14.7. The highest BCUT2D eigenvalue weighted by molar-refractivity contribution is 7.92. The van der Waals surface area contributed by atoms with Gasteiger partial charge in [0, 0.05) is 35.1 Å². The van der Waals surface area contributed by atoms with Crippen LogP contribution in [0.15, 0.2) is 102 Å². The first kappa shape index (κ1) is 36.6. The smallest absolute Gasteiger partial charge is 0.264 e. The molecule has 0 aliphatic heterocycles. The summed E-state index contributed by atoms with van der Waals surface area (Å²) >= 11 is 13.2. The number of rotatable bonds is 15. The number of nitrogens with one attached hydrogen (secondary N) is 1. The quantitative estimate of drug-likeness (QED) is 0.149. The number of amides is 2. The number of para-hydroxylation sites is 2. The Morgan fingerprint density at radius 2 is 1.44 bits per heavy atom. The third-order valence-electron chi connectivity index (χ3n) is 7.63. The maximum absolute atomic E-state index is 14.7. The van der Waals surface area contributed by atoms with Crippen molar-refractivity contribution in [2.75, 3.05) is 31.6 Å². The number of benzene rings is 4. The van der Waals surface area contributed by atoms with E-state index in [9.17, 15) is 18.0 Å². The number of anilines is 1. The van der Waals surface area contributed by atoms with Crippen LogP contribution in [0.25, 0.3) is 0 Å². The van der Waals surface area contributed by atoms with Gasteiger partial charge in [-0.2, -0.15) is 0 Å². The van der Waals surface area contributed by atoms with Gasteiger partial charge in [-0.3, -0.25) is 13.9 Å². The molecule has 1 atom stereocenters. The molecule has 9 nitrogen and oxygen atoms in total. The Kier molecular flexibility index (Phi) is 12.7. The van der Waals surface area contributed by atoms with Crippen LogP contribution < -0.4 is 19.1 Å². The van der Waals surface area contributed by atoms with Crippen LogP contribution in [0.5, 0.6) is 11.5 Å². The number of nitrogens with zero attached hydrogens (tertiary/aromatic N) is 2. The highest BCUT2D eigenvalue weighted by Crippen LogP contribution is 2.34. The maximum Gasteiger partial charge on any atom is 0.264 e. The topological polar surface area (TPSA) is 105 Å². The molecule has 4 aromatic carbocycles. The first-order valence-electron chi connectivity index (χ1n) is 15.3. The standard InChI is InChI=1S/C36H39Cl2N3O6S/c1-25(2)22-39-36(43)33(21-26-11-6-5-7-12-26)40(23-29-30(37)13-10-14-31(29)38)35(42)24-41(32-15-8-9-16-34(32)47-4)48(44,45)28-19-17-27(46-3)18-20-28/h5-20,25,33H,21-24H2,1-4H3,(H,39,43)/t33-/m0/s1. The summed E-state index contributed by atoms with van der Waals surface area (Å²) in [6.07, 6.45) is 0.151. The van der Waals surface area contributed by atoms with Crippen molar-refractivity contribution in [1.82, 2.24) is 10.2 Å². The number of halogens is 2. The van der Waals surface area contributed by atoms with Crippen molar-refractivity contribution >= 4 is 50.7 Å². The van der Waals surface area contributed by atoms with E-state index in [1.165, 1.54) is 43.4 Å². The fraction of sp³-hybridized carbons (Fsp3) is 0.278. The van der Waals surface area contributed by atoms with Crippen LogP contribution in [0.4, 0.5) is 5.69 Å². The zero-order valence-corrected chi connectivity index (χ0v) is 29.6. The van der Waals surface area contributed by atoms with Crippen LogP contribution in [-0.2, 0) is 32.6 Å². The van der Waals surface area contributed by atoms with E-state index in [4.69, 9.17) is 32.7 Å². The molecule has 4 rings (SSSR count). The SMILES string of the molecule is COc1ccc(S(=O)(=O)N(CC(=O)N(Cc2c(Cl)cccc2Cl)[C@@H](Cc2ccccc2)C(=O)NCC(C)C)c2ccccc2OC)cc1. The molecule has 2 amide bonds. The van der Waals surface area contributed by atoms with Gasteiger partial charge in [0.05, 0.1) is 24.8 Å². The number of ether oxygens (including phenoxy) is 2. The minimum atomic E-state index is -4.36. The Hall–Kier alpha value is -4.25. The number of hydrogen-bond acceptors (Lipinski definition) is 6. The number of carbonyl (C=O) groups is 2. The summed E-state index contributed by atoms with van der Waals surface area (Å²) in [6.45, 7) is 3.48. The zero-order valence-electron chi connectivity index (χ0n) is 27.2. The monoisotopic (exact) mass is 711 g/mol. The summed E-state index contributed by atoms with van der Waals surface area (Å²) in [5.74, 6) is -0.212. The number of carbonyl (C=O) groups excluding carboxylic acids is 2. The lowest BCUT2D eigenvalue weighted by Gasteiger charge is -2.34. The molecule has 0 radical (unpaired) electrons. The Bertz CT molecular complexity index is 1780. The lowest BCUT2D eigenvalue weighted by atomic mass is 10.0. The van der Waals surface area contributed by atoms with Crippen molar-refractivity contribution in [1.29, 1.82) is 0 Å². The van der Waals surface area contributed by atoms with Gasteiger partial charge < -0.3 is 19.7 Å². The molecule has 0 unspecified atom stereocenters. The predicted octanol–water partition coefficient (Wildman–Crippen LogP) is 6.62. The van der Waals surface area contributed by atoms with Crippen LogP contribution in [0, 0.1) is 5.92 Å². The third kappa shape index (κ3) is 9.00. The molecule has 0 aliphatic carbocycles. The molecule has 0 saturated heterocycles. The molecule has 0 bridgehead atoms. The molecule has 254 valence electrons. The van der Waals surface area contributed by atoms with Crippen molar-refractivity contribution in [2.45, 2.75) is 37.8 Å². The lowest BCUT2D eigenvalue weighted by molar-refractivity contribution is -0.140. The lowest BCUT2D eigenvalue weighted by Crippen LogP contribution is -2.53. The molecule has 0 saturated carbocycles. The second kappa shape index (κ2) is 16.7. The Labute approximate surface area is 292 Å². The zero-order chi connectivity index (χ0) is 34.8. The van der Waals surface area contributed by atoms with E-state index in [2.05, 4.69) is 5.32 Å². The normalized spacial score (nSPS) is 11.9. The summed E-state index contributed by atoms with van der Waals surface area (Å²) in [7, 11) is -1.46. The molecular formula is C36H39Cl2N3O6S. The van der Waals surface area contributed by atoms with E-state index in [1.807, 2.05) is 44.2 Å². The van der Waals surface area contributed by atoms with Crippen molar-refractivity contribution in [3.05, 3.63) is 118 Å². The molecule has 0 fully saturated rings. The molecule has 0 aliphatic rings. The van der Waals surface area contributed by atoms with E-state index in [-0.39, 0.29) is 35.2 Å². The fourth-order valence-corrected chi connectivity index (χ4v) is 7.00. The Morgan fingerprint density at radius 1 is 0.812 bits per heavy atom. The molecule has 4 aromatic rings. The average molecular weight is 713 g/mol. The van der Waals surface area contributed by atoms with E-state index in [0.717, 1.165) is 9.87 Å². The third-order valence-corrected chi connectivity index (χ3v) is 10.1. The predicted molar refractivity (Wildman–Crippen MR) is 189 cm³/mol. The largest absolute Gasteiger partial charge is 0.497 e. The van der Waals surface area contributed by atoms with Gasteiger partial charge in [-0.25, -0.2) is 8.42 Å². The summed E-state index contributed by atoms with van der Waals surface area (Å²) in [5, 5.41) is 3.56. The highest BCUT2D eigenvalue weighted by Gasteiger charge is 2.36. The van der Waals surface area contributed by atoms with E-state index < -0.39 is 34.4 Å². The van der Waals surface area contributed by atoms with Gasteiger partial charge in [0.15, 0.2) is 0 Å². The molecule has 0 heterocycles. The number of sulfonamides is 1. The van der Waals surface area contributed by atoms with Crippen LogP contribution in [0.3, 0.4) is 0 Å². The molecule has 1 N–H and O–H groups in total. The number of hydrogen-bond donors (Lipinski definition) is 1. The van der Waals surface area contributed by atoms with Crippen LogP contribution in [0.1, 0.15) is 25.0 Å². The van der Waals surface area contributed by atoms with E-state index >= 15 is 0 Å². The summed E-state index contributed by atoms with van der Waals surface area (Å²) < 4.78 is 40.4. The summed E-state index contributed by atoms with van der Waals surface area (Å²) in [4.78, 5) is 29.9. The van der Waals surface area contributed by atoms with Gasteiger partial charge in [-0.15, -0.1) is 0 Å². The van der Waals surface area contributed by atoms with Gasteiger partial charge in [0.2, 0.25) is 11.8 Å². The number of methoxy groups -OCH3 is 2. The van der Waals surface area contributed by atoms with Crippen molar-refractivity contribution in [3.63, 3.8) is 0 Å². The first-order chi connectivity index (χ1) is 23.0. The first-order valence-corrected chi connectivity index (χ1v) is 17.5. The second-order valence-electron chi connectivity index (χ2n) is 11.4. The minimum Gasteiger partial charge on any atom is -0.497 e. The highest BCUT2D eigenvalue weighted by atomic mass is 35.5. The van der Waals surface area contributed by atoms with Crippen molar-refractivity contribution < 1.29 is 27.5 Å². The average Bonchev–Trinajstić information content (AvgIpc) is 3.09. The van der Waals surface area contributed by atoms with Crippen molar-refractivity contribution in [3.8, 4) is 11.5 Å². The second-order valence-corrected chi connectivity index (χ2v) is 14.1. The fourth-order valence-electron chi connectivity index (χ4n) is 5.05. The van der Waals surface area contributed by atoms with E-state index in [1.54, 1.807) is 42.5 Å². The van der Waals surface area contributed by atoms with Crippen molar-refractivity contribution in [2.24, 2.45) is 5.92 Å². The molecule has 48 heavy (non-hydrogen) atoms. The Balaban J connectivity index is 1.86. The van der Waals surface area contributed by atoms with Gasteiger partial charge in [-0.1, -0.05) is 85.6 Å². The van der Waals surface area contributed by atoms with Crippen LogP contribution >= 0.6 is 23.2 Å². The van der Waals surface area contributed by atoms with Gasteiger partial charge in [-0.05, 0) is 60.0 Å². The Morgan fingerprint density at radius 3 is 2.04 bits per heavy atom. The molecule has 12 heteroatoms. The molecule has 0 spiro atoms. The van der Waals surface area contributed by atoms with E-state index in [0.29, 0.717) is 27.9 Å². The van der Waals surface area contributed by atoms with Gasteiger partial charge in [0.25, 0.3) is 10.0 Å². The molecular weight excluding hydrogens is 673 g/mol. The van der Waals surface area contributed by atoms with Crippen LogP contribution in [-0.4, -0.2) is 58.5 Å². The van der Waals surface area contributed by atoms with Gasteiger partial charge in [0.1, 0.15) is 24.1 Å². The molecule has 0 aromatic heterocycles. The van der Waals surface area contributed by atoms with Crippen LogP contribution in [0.2, 0.25) is 10.0 Å². The van der Waals surface area contributed by atoms with Gasteiger partial charge >= 0.3 is 0 Å². The summed E-state index contributed by atoms with van der Waals surface area (Å²) in [5.41, 5.74) is 1.37. The minimum absolute atomic E-state index is 0.0711.